The Balaban J connectivity index is 1.29. The molecule has 6 rings (SSSR count). The number of rotatable bonds is 5. The molecular weight excluding hydrogens is 400 g/mol. The minimum atomic E-state index is -0.247. The maximum atomic E-state index is 12.8. The summed E-state index contributed by atoms with van der Waals surface area (Å²) in [6, 6.07) is 14.9. The van der Waals surface area contributed by atoms with Crippen LogP contribution in [-0.2, 0) is 16.2 Å². The van der Waals surface area contributed by atoms with Crippen LogP contribution < -0.4 is 4.74 Å². The Bertz CT molecular complexity index is 1030. The number of nitrogens with zero attached hydrogens (tertiary/aromatic N) is 2. The van der Waals surface area contributed by atoms with Gasteiger partial charge in [-0.15, -0.1) is 0 Å². The zero-order valence-corrected chi connectivity index (χ0v) is 17.0. The van der Waals surface area contributed by atoms with Gasteiger partial charge in [0, 0.05) is 10.6 Å². The number of imide groups is 1. The van der Waals surface area contributed by atoms with Gasteiger partial charge in [-0.2, -0.15) is 10.1 Å². The van der Waals surface area contributed by atoms with Crippen LogP contribution in [0, 0.1) is 23.7 Å². The van der Waals surface area contributed by atoms with Crippen LogP contribution in [0.2, 0.25) is 5.02 Å². The first-order valence-corrected chi connectivity index (χ1v) is 10.6. The van der Waals surface area contributed by atoms with E-state index in [1.165, 1.54) is 0 Å². The van der Waals surface area contributed by atoms with Crippen LogP contribution in [0.5, 0.6) is 5.75 Å². The Hall–Kier alpha value is -2.92. The minimum absolute atomic E-state index is 0.165. The highest BCUT2D eigenvalue weighted by Gasteiger charge is 2.56. The summed E-state index contributed by atoms with van der Waals surface area (Å²) in [5, 5.41) is 5.99. The number of hydrogen-bond acceptors (Lipinski definition) is 4. The number of carbonyl (C=O) groups excluding carboxylic acids is 2. The van der Waals surface area contributed by atoms with Crippen molar-refractivity contribution in [3.8, 4) is 5.75 Å². The lowest BCUT2D eigenvalue weighted by Crippen LogP contribution is -2.38. The summed E-state index contributed by atoms with van der Waals surface area (Å²) in [7, 11) is 0. The Morgan fingerprint density at radius 3 is 2.37 bits per heavy atom. The average molecular weight is 421 g/mol. The summed E-state index contributed by atoms with van der Waals surface area (Å²) in [6.07, 6.45) is 7.71. The second kappa shape index (κ2) is 7.73. The van der Waals surface area contributed by atoms with Crippen LogP contribution in [0.3, 0.4) is 0 Å². The quantitative estimate of drug-likeness (QED) is 0.408. The van der Waals surface area contributed by atoms with Gasteiger partial charge in [-0.25, -0.2) is 0 Å². The molecule has 1 saturated heterocycles. The molecule has 2 aromatic carbocycles. The lowest BCUT2D eigenvalue weighted by molar-refractivity contribution is -0.140. The van der Waals surface area contributed by atoms with Gasteiger partial charge < -0.3 is 4.74 Å². The van der Waals surface area contributed by atoms with Gasteiger partial charge in [0.25, 0.3) is 11.8 Å². The average Bonchev–Trinajstić information content (AvgIpc) is 3.05. The van der Waals surface area contributed by atoms with Gasteiger partial charge >= 0.3 is 0 Å². The van der Waals surface area contributed by atoms with E-state index in [2.05, 4.69) is 17.3 Å². The summed E-state index contributed by atoms with van der Waals surface area (Å²) < 4.78 is 5.84. The minimum Gasteiger partial charge on any atom is -0.489 e. The van der Waals surface area contributed by atoms with Crippen LogP contribution in [0.1, 0.15) is 24.0 Å². The van der Waals surface area contributed by atoms with Crippen molar-refractivity contribution < 1.29 is 14.3 Å². The van der Waals surface area contributed by atoms with E-state index in [1.54, 1.807) is 6.21 Å². The van der Waals surface area contributed by atoms with Gasteiger partial charge in [0.1, 0.15) is 12.4 Å². The SMILES string of the molecule is O=C1[C@@H]2[C@H](C(=O)N1/N=C\c1cccc(OCc3ccccc3Cl)c1)[C@@H]1C=C[C@H]2CC1. The molecule has 6 heteroatoms. The number of halogens is 1. The van der Waals surface area contributed by atoms with E-state index in [0.29, 0.717) is 17.4 Å². The van der Waals surface area contributed by atoms with Crippen LogP contribution in [0.4, 0.5) is 0 Å². The molecule has 4 aliphatic rings. The maximum Gasteiger partial charge on any atom is 0.254 e. The van der Waals surface area contributed by atoms with Crippen molar-refractivity contribution >= 4 is 29.6 Å². The Kier molecular flexibility index (Phi) is 4.91. The van der Waals surface area contributed by atoms with E-state index in [1.807, 2.05) is 48.5 Å². The highest BCUT2D eigenvalue weighted by Crippen LogP contribution is 2.49. The standard InChI is InChI=1S/C24H21ClN2O3/c25-20-7-2-1-5-18(20)14-30-19-6-3-4-15(12-19)13-26-27-23(28)21-16-8-9-17(11-10-16)22(21)24(27)29/h1-9,12-13,16-17,21-22H,10-11,14H2/b26-13-/t16-,17+,21-,22+. The van der Waals surface area contributed by atoms with Crippen molar-refractivity contribution in [1.29, 1.82) is 0 Å². The van der Waals surface area contributed by atoms with Crippen molar-refractivity contribution in [1.82, 2.24) is 5.01 Å². The molecule has 2 amide bonds. The van der Waals surface area contributed by atoms with E-state index in [4.69, 9.17) is 16.3 Å². The normalized spacial score (nSPS) is 27.2. The molecule has 2 aromatic rings. The van der Waals surface area contributed by atoms with E-state index < -0.39 is 0 Å². The molecule has 152 valence electrons. The molecule has 2 fully saturated rings. The van der Waals surface area contributed by atoms with Crippen molar-refractivity contribution in [3.63, 3.8) is 0 Å². The Labute approximate surface area is 180 Å². The monoisotopic (exact) mass is 420 g/mol. The topological polar surface area (TPSA) is 59.0 Å². The van der Waals surface area contributed by atoms with E-state index in [-0.39, 0.29) is 35.5 Å². The van der Waals surface area contributed by atoms with Gasteiger partial charge in [0.2, 0.25) is 0 Å². The third kappa shape index (κ3) is 3.33. The predicted molar refractivity (Wildman–Crippen MR) is 114 cm³/mol. The first-order chi connectivity index (χ1) is 14.6. The molecule has 30 heavy (non-hydrogen) atoms. The third-order valence-electron chi connectivity index (χ3n) is 6.27. The molecule has 0 aromatic heterocycles. The maximum absolute atomic E-state index is 12.8. The third-order valence-corrected chi connectivity index (χ3v) is 6.64. The van der Waals surface area contributed by atoms with Crippen molar-refractivity contribution in [3.05, 3.63) is 76.8 Å². The first kappa shape index (κ1) is 19.1. The van der Waals surface area contributed by atoms with Gasteiger partial charge in [-0.3, -0.25) is 9.59 Å². The van der Waals surface area contributed by atoms with Crippen molar-refractivity contribution in [2.75, 3.05) is 0 Å². The lowest BCUT2D eigenvalue weighted by atomic mass is 9.63. The zero-order valence-electron chi connectivity index (χ0n) is 16.3. The number of hydrazone groups is 1. The first-order valence-electron chi connectivity index (χ1n) is 10.2. The van der Waals surface area contributed by atoms with E-state index >= 15 is 0 Å². The highest BCUT2D eigenvalue weighted by atomic mass is 35.5. The van der Waals surface area contributed by atoms with Crippen molar-refractivity contribution in [2.45, 2.75) is 19.4 Å². The van der Waals surface area contributed by atoms with Gasteiger partial charge in [-0.1, -0.05) is 54.1 Å². The predicted octanol–water partition coefficient (Wildman–Crippen LogP) is 4.45. The molecule has 1 heterocycles. The summed E-state index contributed by atoms with van der Waals surface area (Å²) in [6.45, 7) is 0.350. The number of benzene rings is 2. The molecule has 3 aliphatic carbocycles. The second-order valence-corrected chi connectivity index (χ2v) is 8.43. The number of allylic oxidation sites excluding steroid dienone is 2. The van der Waals surface area contributed by atoms with Crippen LogP contribution in [0.25, 0.3) is 0 Å². The molecule has 0 radical (unpaired) electrons. The molecular formula is C24H21ClN2O3. The number of amides is 2. The van der Waals surface area contributed by atoms with Crippen LogP contribution in [0.15, 0.2) is 65.8 Å². The number of carbonyl (C=O) groups is 2. The lowest BCUT2D eigenvalue weighted by Gasteiger charge is -2.37. The molecule has 0 spiro atoms. The van der Waals surface area contributed by atoms with Gasteiger partial charge in [0.15, 0.2) is 0 Å². The summed E-state index contributed by atoms with van der Waals surface area (Å²) in [5.74, 6) is 0.149. The fourth-order valence-electron chi connectivity index (χ4n) is 4.76. The molecule has 1 saturated carbocycles. The van der Waals surface area contributed by atoms with Crippen molar-refractivity contribution in [2.24, 2.45) is 28.8 Å². The molecule has 4 atom stereocenters. The van der Waals surface area contributed by atoms with E-state index in [9.17, 15) is 9.59 Å². The van der Waals surface area contributed by atoms with Gasteiger partial charge in [0.05, 0.1) is 18.1 Å². The molecule has 5 nitrogen and oxygen atoms in total. The fraction of sp³-hybridized carbons (Fsp3) is 0.292. The van der Waals surface area contributed by atoms with E-state index in [0.717, 1.165) is 29.0 Å². The van der Waals surface area contributed by atoms with Crippen LogP contribution >= 0.6 is 11.6 Å². The number of hydrogen-bond donors (Lipinski definition) is 0. The molecule has 1 aliphatic heterocycles. The second-order valence-electron chi connectivity index (χ2n) is 8.03. The highest BCUT2D eigenvalue weighted by molar-refractivity contribution is 6.31. The Morgan fingerprint density at radius 2 is 1.70 bits per heavy atom. The molecule has 0 unspecified atom stereocenters. The summed E-state index contributed by atoms with van der Waals surface area (Å²) in [4.78, 5) is 25.7. The largest absolute Gasteiger partial charge is 0.489 e. The summed E-state index contributed by atoms with van der Waals surface area (Å²) in [5.41, 5.74) is 1.65. The number of fused-ring (bicyclic) bond motifs is 1. The summed E-state index contributed by atoms with van der Waals surface area (Å²) >= 11 is 6.17. The van der Waals surface area contributed by atoms with Crippen LogP contribution in [-0.4, -0.2) is 23.0 Å². The molecule has 2 bridgehead atoms. The zero-order chi connectivity index (χ0) is 20.7. The Morgan fingerprint density at radius 1 is 1.00 bits per heavy atom. The molecule has 0 N–H and O–H groups in total. The fourth-order valence-corrected chi connectivity index (χ4v) is 4.95. The van der Waals surface area contributed by atoms with Gasteiger partial charge in [-0.05, 0) is 48.4 Å². The smallest absolute Gasteiger partial charge is 0.254 e. The number of ether oxygens (including phenoxy) is 1.